The maximum atomic E-state index is 12.5. The van der Waals surface area contributed by atoms with Gasteiger partial charge in [0.15, 0.2) is 5.78 Å². The van der Waals surface area contributed by atoms with E-state index in [2.05, 4.69) is 10.3 Å². The molecule has 7 heteroatoms. The summed E-state index contributed by atoms with van der Waals surface area (Å²) >= 11 is 0. The van der Waals surface area contributed by atoms with Crippen LogP contribution < -0.4 is 5.32 Å². The first kappa shape index (κ1) is 17.2. The zero-order chi connectivity index (χ0) is 19.0. The summed E-state index contributed by atoms with van der Waals surface area (Å²) in [7, 11) is 0. The predicted molar refractivity (Wildman–Crippen MR) is 101 cm³/mol. The summed E-state index contributed by atoms with van der Waals surface area (Å²) in [5.41, 5.74) is 2.16. The normalized spacial score (nSPS) is 17.4. The molecule has 138 valence electrons. The Kier molecular flexibility index (Phi) is 4.35. The average Bonchev–Trinajstić information content (AvgIpc) is 2.96. The maximum Gasteiger partial charge on any atom is 0.411 e. The SMILES string of the molecule is CCOC(=O)Nc1ccc2c(c1)c1cccnc1n2C1CCC(=O)CC1=O. The minimum absolute atomic E-state index is 0.00843. The van der Waals surface area contributed by atoms with E-state index in [-0.39, 0.29) is 18.0 Å². The molecule has 0 aliphatic heterocycles. The monoisotopic (exact) mass is 365 g/mol. The van der Waals surface area contributed by atoms with Gasteiger partial charge in [0, 0.05) is 29.1 Å². The van der Waals surface area contributed by atoms with Crippen LogP contribution in [0.15, 0.2) is 36.5 Å². The number of pyridine rings is 1. The molecule has 0 spiro atoms. The van der Waals surface area contributed by atoms with Gasteiger partial charge in [0.05, 0.1) is 24.6 Å². The molecule has 0 bridgehead atoms. The zero-order valence-corrected chi connectivity index (χ0v) is 14.9. The van der Waals surface area contributed by atoms with E-state index in [9.17, 15) is 14.4 Å². The molecule has 1 aromatic carbocycles. The fourth-order valence-electron chi connectivity index (χ4n) is 3.69. The first-order chi connectivity index (χ1) is 13.1. The van der Waals surface area contributed by atoms with Crippen LogP contribution in [0.5, 0.6) is 0 Å². The van der Waals surface area contributed by atoms with Crippen LogP contribution in [0.3, 0.4) is 0 Å². The summed E-state index contributed by atoms with van der Waals surface area (Å²) < 4.78 is 6.85. The second-order valence-corrected chi connectivity index (χ2v) is 6.56. The number of amides is 1. The number of hydrogen-bond acceptors (Lipinski definition) is 5. The van der Waals surface area contributed by atoms with E-state index >= 15 is 0 Å². The fourth-order valence-corrected chi connectivity index (χ4v) is 3.69. The molecule has 2 heterocycles. The van der Waals surface area contributed by atoms with Gasteiger partial charge in [-0.15, -0.1) is 0 Å². The van der Waals surface area contributed by atoms with E-state index < -0.39 is 12.1 Å². The smallest absolute Gasteiger partial charge is 0.411 e. The number of ketones is 2. The molecule has 2 aromatic heterocycles. The highest BCUT2D eigenvalue weighted by Gasteiger charge is 2.31. The van der Waals surface area contributed by atoms with Gasteiger partial charge in [-0.25, -0.2) is 9.78 Å². The number of carbonyl (C=O) groups excluding carboxylic acids is 3. The third-order valence-corrected chi connectivity index (χ3v) is 4.83. The number of aromatic nitrogens is 2. The highest BCUT2D eigenvalue weighted by Crippen LogP contribution is 2.35. The lowest BCUT2D eigenvalue weighted by molar-refractivity contribution is -0.131. The summed E-state index contributed by atoms with van der Waals surface area (Å²) in [5, 5.41) is 4.48. The first-order valence-corrected chi connectivity index (χ1v) is 8.95. The Morgan fingerprint density at radius 3 is 2.93 bits per heavy atom. The minimum atomic E-state index is -0.514. The number of fused-ring (bicyclic) bond motifs is 3. The lowest BCUT2D eigenvalue weighted by Gasteiger charge is -2.23. The number of hydrogen-bond donors (Lipinski definition) is 1. The summed E-state index contributed by atoms with van der Waals surface area (Å²) in [6, 6.07) is 8.86. The van der Waals surface area contributed by atoms with Crippen LogP contribution in [-0.4, -0.2) is 33.8 Å². The van der Waals surface area contributed by atoms with Gasteiger partial charge in [0.2, 0.25) is 0 Å². The Morgan fingerprint density at radius 1 is 1.30 bits per heavy atom. The van der Waals surface area contributed by atoms with Crippen molar-refractivity contribution in [1.29, 1.82) is 0 Å². The molecule has 1 unspecified atom stereocenters. The van der Waals surface area contributed by atoms with Crippen molar-refractivity contribution in [1.82, 2.24) is 9.55 Å². The molecule has 4 rings (SSSR count). The Bertz CT molecular complexity index is 1070. The molecule has 1 fully saturated rings. The van der Waals surface area contributed by atoms with Crippen LogP contribution in [0, 0.1) is 0 Å². The molecule has 1 atom stereocenters. The molecule has 1 amide bonds. The average molecular weight is 365 g/mol. The number of rotatable bonds is 3. The number of ether oxygens (including phenoxy) is 1. The van der Waals surface area contributed by atoms with E-state index in [4.69, 9.17) is 4.74 Å². The Labute approximate surface area is 155 Å². The van der Waals surface area contributed by atoms with Crippen LogP contribution in [0.1, 0.15) is 32.2 Å². The lowest BCUT2D eigenvalue weighted by Crippen LogP contribution is -2.27. The van der Waals surface area contributed by atoms with Crippen LogP contribution in [0.25, 0.3) is 21.9 Å². The van der Waals surface area contributed by atoms with Crippen LogP contribution in [0.4, 0.5) is 10.5 Å². The highest BCUT2D eigenvalue weighted by atomic mass is 16.5. The standard InChI is InChI=1S/C20H19N3O4/c1-2-27-20(26)22-12-5-7-16-15(10-12)14-4-3-9-21-19(14)23(16)17-8-6-13(24)11-18(17)25/h3-5,7,9-10,17H,2,6,8,11H2,1H3,(H,22,26). The fraction of sp³-hybridized carbons (Fsp3) is 0.300. The minimum Gasteiger partial charge on any atom is -0.450 e. The van der Waals surface area contributed by atoms with Crippen molar-refractivity contribution in [3.63, 3.8) is 0 Å². The van der Waals surface area contributed by atoms with E-state index in [0.717, 1.165) is 16.3 Å². The molecule has 27 heavy (non-hydrogen) atoms. The maximum absolute atomic E-state index is 12.5. The quantitative estimate of drug-likeness (QED) is 0.716. The third-order valence-electron chi connectivity index (χ3n) is 4.83. The van der Waals surface area contributed by atoms with Gasteiger partial charge < -0.3 is 9.30 Å². The van der Waals surface area contributed by atoms with Crippen molar-refractivity contribution in [3.8, 4) is 0 Å². The van der Waals surface area contributed by atoms with Crippen molar-refractivity contribution < 1.29 is 19.1 Å². The molecule has 1 aliphatic carbocycles. The highest BCUT2D eigenvalue weighted by molar-refractivity contribution is 6.10. The Hall–Kier alpha value is -3.22. The van der Waals surface area contributed by atoms with Gasteiger partial charge >= 0.3 is 6.09 Å². The second kappa shape index (κ2) is 6.83. The van der Waals surface area contributed by atoms with Crippen molar-refractivity contribution in [2.24, 2.45) is 0 Å². The topological polar surface area (TPSA) is 90.3 Å². The summed E-state index contributed by atoms with van der Waals surface area (Å²) in [5.74, 6) is -0.0877. The second-order valence-electron chi connectivity index (χ2n) is 6.56. The number of anilines is 1. The Morgan fingerprint density at radius 2 is 2.15 bits per heavy atom. The number of carbonyl (C=O) groups is 3. The first-order valence-electron chi connectivity index (χ1n) is 8.95. The zero-order valence-electron chi connectivity index (χ0n) is 14.9. The van der Waals surface area contributed by atoms with Crippen molar-refractivity contribution in [3.05, 3.63) is 36.5 Å². The molecule has 1 saturated carbocycles. The van der Waals surface area contributed by atoms with Gasteiger partial charge in [-0.1, -0.05) is 0 Å². The van der Waals surface area contributed by atoms with Gasteiger partial charge in [-0.2, -0.15) is 0 Å². The van der Waals surface area contributed by atoms with Gasteiger partial charge in [-0.05, 0) is 43.7 Å². The van der Waals surface area contributed by atoms with Crippen LogP contribution in [0.2, 0.25) is 0 Å². The van der Waals surface area contributed by atoms with E-state index in [1.165, 1.54) is 0 Å². The van der Waals surface area contributed by atoms with E-state index in [0.29, 0.717) is 30.8 Å². The lowest BCUT2D eigenvalue weighted by atomic mass is 9.92. The van der Waals surface area contributed by atoms with Gasteiger partial charge in [0.1, 0.15) is 11.4 Å². The number of nitrogens with one attached hydrogen (secondary N) is 1. The summed E-state index contributed by atoms with van der Waals surface area (Å²) in [6.45, 7) is 2.04. The van der Waals surface area contributed by atoms with E-state index in [1.54, 1.807) is 19.2 Å². The van der Waals surface area contributed by atoms with E-state index in [1.807, 2.05) is 28.8 Å². The molecular weight excluding hydrogens is 346 g/mol. The predicted octanol–water partition coefficient (Wildman–Crippen LogP) is 3.62. The van der Waals surface area contributed by atoms with Crippen molar-refractivity contribution in [2.75, 3.05) is 11.9 Å². The Balaban J connectivity index is 1.85. The van der Waals surface area contributed by atoms with Gasteiger partial charge in [-0.3, -0.25) is 14.9 Å². The molecule has 3 aromatic rings. The molecule has 1 N–H and O–H groups in total. The summed E-state index contributed by atoms with van der Waals surface area (Å²) in [6.07, 6.45) is 2.03. The van der Waals surface area contributed by atoms with Gasteiger partial charge in [0.25, 0.3) is 0 Å². The number of benzene rings is 1. The summed E-state index contributed by atoms with van der Waals surface area (Å²) in [4.78, 5) is 40.3. The largest absolute Gasteiger partial charge is 0.450 e. The molecule has 0 radical (unpaired) electrons. The van der Waals surface area contributed by atoms with Crippen molar-refractivity contribution in [2.45, 2.75) is 32.2 Å². The van der Waals surface area contributed by atoms with Crippen molar-refractivity contribution >= 4 is 45.3 Å². The molecular formula is C20H19N3O4. The third kappa shape index (κ3) is 3.05. The van der Waals surface area contributed by atoms with Crippen LogP contribution >= 0.6 is 0 Å². The number of nitrogens with zero attached hydrogens (tertiary/aromatic N) is 2. The molecule has 1 aliphatic rings. The molecule has 7 nitrogen and oxygen atoms in total. The number of Topliss-reactive ketones (excluding diaryl/α,β-unsaturated/α-hetero) is 2. The van der Waals surface area contributed by atoms with Crippen LogP contribution in [-0.2, 0) is 14.3 Å². The molecule has 0 saturated heterocycles.